The van der Waals surface area contributed by atoms with Crippen molar-refractivity contribution < 1.29 is 0 Å². The van der Waals surface area contributed by atoms with Gasteiger partial charge >= 0.3 is 0 Å². The summed E-state index contributed by atoms with van der Waals surface area (Å²) in [6.07, 6.45) is 2.74. The minimum absolute atomic E-state index is 0.826. The Balaban J connectivity index is 1.80. The number of hydrogen-bond acceptors (Lipinski definition) is 2. The molecule has 0 unspecified atom stereocenters. The fourth-order valence-corrected chi connectivity index (χ4v) is 0.840. The second-order valence-corrected chi connectivity index (χ2v) is 2.94. The van der Waals surface area contributed by atoms with Crippen LogP contribution in [0.1, 0.15) is 19.8 Å². The molecule has 0 spiro atoms. The minimum atomic E-state index is 0.826. The molecule has 0 heterocycles. The number of rotatable bonds is 5. The molecule has 0 amide bonds. The van der Waals surface area contributed by atoms with Crippen LogP contribution in [-0.2, 0) is 0 Å². The molecule has 0 atom stereocenters. The van der Waals surface area contributed by atoms with Crippen LogP contribution in [0.3, 0.4) is 0 Å². The minimum Gasteiger partial charge on any atom is -0.388 e. The molecular formula is C8H16N2. The molecule has 2 nitrogen and oxygen atoms in total. The van der Waals surface area contributed by atoms with Gasteiger partial charge < -0.3 is 10.6 Å². The van der Waals surface area contributed by atoms with Gasteiger partial charge in [0.1, 0.15) is 0 Å². The van der Waals surface area contributed by atoms with E-state index in [4.69, 9.17) is 0 Å². The Bertz CT molecular complexity index is 116. The van der Waals surface area contributed by atoms with E-state index in [0.717, 1.165) is 24.8 Å². The van der Waals surface area contributed by atoms with Gasteiger partial charge in [-0.15, -0.1) is 0 Å². The van der Waals surface area contributed by atoms with Crippen LogP contribution >= 0.6 is 0 Å². The van der Waals surface area contributed by atoms with Crippen molar-refractivity contribution in [3.05, 3.63) is 12.3 Å². The summed E-state index contributed by atoms with van der Waals surface area (Å²) in [6, 6.07) is 0.826. The molecule has 2 N–H and O–H groups in total. The van der Waals surface area contributed by atoms with E-state index in [-0.39, 0.29) is 0 Å². The zero-order valence-electron chi connectivity index (χ0n) is 6.61. The normalized spacial score (nSPS) is 16.9. The smallest absolute Gasteiger partial charge is 0.0269 e. The molecular weight excluding hydrogens is 124 g/mol. The van der Waals surface area contributed by atoms with Crippen LogP contribution in [0.15, 0.2) is 12.3 Å². The van der Waals surface area contributed by atoms with Crippen LogP contribution in [0.2, 0.25) is 0 Å². The molecule has 0 saturated heterocycles. The molecule has 2 heteroatoms. The molecule has 1 fully saturated rings. The van der Waals surface area contributed by atoms with Gasteiger partial charge in [-0.3, -0.25) is 0 Å². The average molecular weight is 140 g/mol. The second kappa shape index (κ2) is 3.62. The SMILES string of the molecule is C=C(C)NCCNC1CC1. The van der Waals surface area contributed by atoms with E-state index in [0.29, 0.717) is 0 Å². The maximum absolute atomic E-state index is 3.75. The summed E-state index contributed by atoms with van der Waals surface area (Å²) in [5, 5.41) is 6.58. The Labute approximate surface area is 62.7 Å². The number of hydrogen-bond donors (Lipinski definition) is 2. The molecule has 10 heavy (non-hydrogen) atoms. The summed E-state index contributed by atoms with van der Waals surface area (Å²) in [7, 11) is 0. The first-order valence-electron chi connectivity index (χ1n) is 3.92. The van der Waals surface area contributed by atoms with Gasteiger partial charge in [-0.25, -0.2) is 0 Å². The molecule has 0 aromatic rings. The highest BCUT2D eigenvalue weighted by Crippen LogP contribution is 2.17. The van der Waals surface area contributed by atoms with Gasteiger partial charge in [-0.1, -0.05) is 6.58 Å². The van der Waals surface area contributed by atoms with E-state index in [9.17, 15) is 0 Å². The predicted molar refractivity (Wildman–Crippen MR) is 43.8 cm³/mol. The molecule has 1 aliphatic rings. The van der Waals surface area contributed by atoms with Crippen molar-refractivity contribution in [2.24, 2.45) is 0 Å². The first-order chi connectivity index (χ1) is 4.79. The first-order valence-corrected chi connectivity index (χ1v) is 3.92. The fraction of sp³-hybridized carbons (Fsp3) is 0.750. The molecule has 1 aliphatic carbocycles. The Morgan fingerprint density at radius 1 is 1.50 bits per heavy atom. The van der Waals surface area contributed by atoms with Crippen LogP contribution < -0.4 is 10.6 Å². The molecule has 0 aliphatic heterocycles. The summed E-state index contributed by atoms with van der Waals surface area (Å²) < 4.78 is 0. The van der Waals surface area contributed by atoms with Crippen molar-refractivity contribution in [2.75, 3.05) is 13.1 Å². The molecule has 0 bridgehead atoms. The van der Waals surface area contributed by atoms with Crippen LogP contribution in [0.4, 0.5) is 0 Å². The lowest BCUT2D eigenvalue weighted by atomic mass is 10.5. The Morgan fingerprint density at radius 2 is 2.20 bits per heavy atom. The lowest BCUT2D eigenvalue weighted by molar-refractivity contribution is 0.648. The maximum atomic E-state index is 3.75. The topological polar surface area (TPSA) is 24.1 Å². The monoisotopic (exact) mass is 140 g/mol. The molecule has 0 radical (unpaired) electrons. The standard InChI is InChI=1S/C8H16N2/c1-7(2)9-5-6-10-8-3-4-8/h8-10H,1,3-6H2,2H3. The Kier molecular flexibility index (Phi) is 2.75. The average Bonchev–Trinajstić information content (AvgIpc) is 2.62. The summed E-state index contributed by atoms with van der Waals surface area (Å²) in [6.45, 7) is 7.80. The summed E-state index contributed by atoms with van der Waals surface area (Å²) in [4.78, 5) is 0. The van der Waals surface area contributed by atoms with Crippen molar-refractivity contribution >= 4 is 0 Å². The summed E-state index contributed by atoms with van der Waals surface area (Å²) in [5.74, 6) is 0. The first kappa shape index (κ1) is 7.61. The largest absolute Gasteiger partial charge is 0.388 e. The van der Waals surface area contributed by atoms with Crippen molar-refractivity contribution in [3.63, 3.8) is 0 Å². The fourth-order valence-electron chi connectivity index (χ4n) is 0.840. The third-order valence-electron chi connectivity index (χ3n) is 1.56. The van der Waals surface area contributed by atoms with Gasteiger partial charge in [0.05, 0.1) is 0 Å². The molecule has 58 valence electrons. The van der Waals surface area contributed by atoms with Gasteiger partial charge in [0, 0.05) is 24.8 Å². The number of allylic oxidation sites excluding steroid dienone is 1. The van der Waals surface area contributed by atoms with Gasteiger partial charge in [0.15, 0.2) is 0 Å². The summed E-state index contributed by atoms with van der Waals surface area (Å²) >= 11 is 0. The van der Waals surface area contributed by atoms with Gasteiger partial charge in [0.25, 0.3) is 0 Å². The molecule has 0 aromatic heterocycles. The second-order valence-electron chi connectivity index (χ2n) is 2.94. The molecule has 1 saturated carbocycles. The van der Waals surface area contributed by atoms with Crippen LogP contribution in [0.5, 0.6) is 0 Å². The van der Waals surface area contributed by atoms with E-state index in [1.165, 1.54) is 12.8 Å². The lowest BCUT2D eigenvalue weighted by Gasteiger charge is -2.04. The summed E-state index contributed by atoms with van der Waals surface area (Å²) in [5.41, 5.74) is 1.05. The van der Waals surface area contributed by atoms with Crippen molar-refractivity contribution in [1.29, 1.82) is 0 Å². The predicted octanol–water partition coefficient (Wildman–Crippen LogP) is 0.862. The van der Waals surface area contributed by atoms with Crippen LogP contribution in [-0.4, -0.2) is 19.1 Å². The van der Waals surface area contributed by atoms with Gasteiger partial charge in [-0.2, -0.15) is 0 Å². The van der Waals surface area contributed by atoms with Gasteiger partial charge in [0.2, 0.25) is 0 Å². The zero-order chi connectivity index (χ0) is 7.40. The van der Waals surface area contributed by atoms with E-state index in [1.807, 2.05) is 6.92 Å². The molecule has 0 aromatic carbocycles. The van der Waals surface area contributed by atoms with Gasteiger partial charge in [-0.05, 0) is 19.8 Å². The maximum Gasteiger partial charge on any atom is 0.0269 e. The van der Waals surface area contributed by atoms with Crippen molar-refractivity contribution in [2.45, 2.75) is 25.8 Å². The van der Waals surface area contributed by atoms with Crippen molar-refractivity contribution in [1.82, 2.24) is 10.6 Å². The lowest BCUT2D eigenvalue weighted by Crippen LogP contribution is -2.27. The van der Waals surface area contributed by atoms with Crippen LogP contribution in [0, 0.1) is 0 Å². The highest BCUT2D eigenvalue weighted by molar-refractivity contribution is 4.85. The Morgan fingerprint density at radius 3 is 2.70 bits per heavy atom. The van der Waals surface area contributed by atoms with E-state index in [1.54, 1.807) is 0 Å². The number of nitrogens with one attached hydrogen (secondary N) is 2. The van der Waals surface area contributed by atoms with Crippen LogP contribution in [0.25, 0.3) is 0 Å². The zero-order valence-corrected chi connectivity index (χ0v) is 6.61. The Hall–Kier alpha value is -0.500. The third-order valence-corrected chi connectivity index (χ3v) is 1.56. The quantitative estimate of drug-likeness (QED) is 0.553. The molecule has 1 rings (SSSR count). The van der Waals surface area contributed by atoms with E-state index < -0.39 is 0 Å². The third kappa shape index (κ3) is 3.51. The highest BCUT2D eigenvalue weighted by atomic mass is 15.0. The highest BCUT2D eigenvalue weighted by Gasteiger charge is 2.19. The van der Waals surface area contributed by atoms with E-state index >= 15 is 0 Å². The van der Waals surface area contributed by atoms with Crippen molar-refractivity contribution in [3.8, 4) is 0 Å². The van der Waals surface area contributed by atoms with E-state index in [2.05, 4.69) is 17.2 Å².